The van der Waals surface area contributed by atoms with Crippen LogP contribution in [0.15, 0.2) is 34.2 Å². The lowest BCUT2D eigenvalue weighted by Gasteiger charge is -2.34. The zero-order valence-electron chi connectivity index (χ0n) is 14.6. The van der Waals surface area contributed by atoms with E-state index in [1.807, 2.05) is 19.2 Å². The van der Waals surface area contributed by atoms with Crippen molar-refractivity contribution < 1.29 is 9.13 Å². The third-order valence-electron chi connectivity index (χ3n) is 4.04. The Kier molecular flexibility index (Phi) is 8.39. The number of piperidine rings is 1. The molecule has 0 unspecified atom stereocenters. The van der Waals surface area contributed by atoms with Crippen molar-refractivity contribution in [2.75, 3.05) is 39.0 Å². The Labute approximate surface area is 148 Å². The molecule has 0 spiro atoms. The number of nitrogens with zero attached hydrogens (tertiary/aromatic N) is 2. The molecule has 1 heterocycles. The number of aliphatic imine (C=N–C) groups is 1. The molecule has 0 amide bonds. The molecular weight excluding hydrogens is 325 g/mol. The maximum absolute atomic E-state index is 12.9. The lowest BCUT2D eigenvalue weighted by Crippen LogP contribution is -2.47. The summed E-state index contributed by atoms with van der Waals surface area (Å²) in [6.07, 6.45) is 3.57. The van der Waals surface area contributed by atoms with Crippen LogP contribution in [0.5, 0.6) is 0 Å². The van der Waals surface area contributed by atoms with Crippen molar-refractivity contribution in [1.82, 2.24) is 10.2 Å². The highest BCUT2D eigenvalue weighted by Crippen LogP contribution is 2.18. The maximum Gasteiger partial charge on any atom is 0.193 e. The van der Waals surface area contributed by atoms with E-state index >= 15 is 0 Å². The van der Waals surface area contributed by atoms with Gasteiger partial charge in [-0.05, 0) is 56.2 Å². The zero-order valence-corrected chi connectivity index (χ0v) is 15.4. The summed E-state index contributed by atoms with van der Waals surface area (Å²) in [4.78, 5) is 7.81. The smallest absolute Gasteiger partial charge is 0.193 e. The molecule has 4 nitrogen and oxygen atoms in total. The number of likely N-dealkylation sites (tertiary alicyclic amines) is 1. The monoisotopic (exact) mass is 353 g/mol. The highest BCUT2D eigenvalue weighted by Gasteiger charge is 2.21. The van der Waals surface area contributed by atoms with Crippen LogP contribution in [0.25, 0.3) is 0 Å². The second-order valence-electron chi connectivity index (χ2n) is 5.77. The molecule has 1 aromatic carbocycles. The van der Waals surface area contributed by atoms with Gasteiger partial charge >= 0.3 is 0 Å². The van der Waals surface area contributed by atoms with Gasteiger partial charge in [-0.3, -0.25) is 4.99 Å². The average Bonchev–Trinajstić information content (AvgIpc) is 2.61. The summed E-state index contributed by atoms with van der Waals surface area (Å²) in [5.74, 6) is 1.80. The van der Waals surface area contributed by atoms with Crippen molar-refractivity contribution in [2.24, 2.45) is 4.99 Å². The number of ether oxygens (including phenoxy) is 1. The lowest BCUT2D eigenvalue weighted by atomic mass is 10.1. The molecule has 24 heavy (non-hydrogen) atoms. The van der Waals surface area contributed by atoms with Gasteiger partial charge < -0.3 is 15.0 Å². The van der Waals surface area contributed by atoms with Gasteiger partial charge in [-0.2, -0.15) is 0 Å². The summed E-state index contributed by atoms with van der Waals surface area (Å²) in [5.41, 5.74) is 0. The zero-order chi connectivity index (χ0) is 17.2. The van der Waals surface area contributed by atoms with Crippen LogP contribution in [0.3, 0.4) is 0 Å². The van der Waals surface area contributed by atoms with Gasteiger partial charge in [0.1, 0.15) is 5.82 Å². The molecule has 1 N–H and O–H groups in total. The van der Waals surface area contributed by atoms with Crippen molar-refractivity contribution in [3.63, 3.8) is 0 Å². The first kappa shape index (κ1) is 19.1. The van der Waals surface area contributed by atoms with Gasteiger partial charge in [-0.1, -0.05) is 0 Å². The van der Waals surface area contributed by atoms with Crippen LogP contribution in [0.4, 0.5) is 4.39 Å². The molecule has 0 radical (unpaired) electrons. The van der Waals surface area contributed by atoms with Crippen molar-refractivity contribution in [3.8, 4) is 0 Å². The number of hydrogen-bond acceptors (Lipinski definition) is 3. The molecule has 1 aromatic rings. The molecule has 6 heteroatoms. The van der Waals surface area contributed by atoms with E-state index in [2.05, 4.69) is 22.1 Å². The van der Waals surface area contributed by atoms with Crippen molar-refractivity contribution in [3.05, 3.63) is 30.1 Å². The Bertz CT molecular complexity index is 501. The molecule has 0 aromatic heterocycles. The second kappa shape index (κ2) is 10.6. The Morgan fingerprint density at radius 2 is 2.04 bits per heavy atom. The first-order valence-electron chi connectivity index (χ1n) is 8.68. The summed E-state index contributed by atoms with van der Waals surface area (Å²) < 4.78 is 18.6. The van der Waals surface area contributed by atoms with Crippen LogP contribution in [0, 0.1) is 5.82 Å². The van der Waals surface area contributed by atoms with E-state index in [1.165, 1.54) is 12.1 Å². The van der Waals surface area contributed by atoms with Gasteiger partial charge in [0.05, 0.1) is 6.10 Å². The highest BCUT2D eigenvalue weighted by molar-refractivity contribution is 7.99. The van der Waals surface area contributed by atoms with Gasteiger partial charge in [-0.25, -0.2) is 4.39 Å². The van der Waals surface area contributed by atoms with Crippen molar-refractivity contribution >= 4 is 17.7 Å². The van der Waals surface area contributed by atoms with Gasteiger partial charge in [0.2, 0.25) is 0 Å². The van der Waals surface area contributed by atoms with Crippen molar-refractivity contribution in [1.29, 1.82) is 0 Å². The molecule has 1 aliphatic heterocycles. The normalized spacial score (nSPS) is 16.5. The summed E-state index contributed by atoms with van der Waals surface area (Å²) in [6, 6.07) is 6.67. The van der Waals surface area contributed by atoms with E-state index in [9.17, 15) is 4.39 Å². The van der Waals surface area contributed by atoms with Gasteiger partial charge in [0, 0.05) is 38.2 Å². The molecule has 0 bridgehead atoms. The molecule has 2 rings (SSSR count). The number of guanidine groups is 1. The largest absolute Gasteiger partial charge is 0.378 e. The fourth-order valence-corrected chi connectivity index (χ4v) is 3.65. The van der Waals surface area contributed by atoms with Crippen LogP contribution in [-0.2, 0) is 4.74 Å². The molecule has 1 fully saturated rings. The number of hydrogen-bond donors (Lipinski definition) is 1. The standard InChI is InChI=1S/C18H28FN3OS/c1-3-23-16-9-12-22(13-10-16)18(20-2)21-11-4-14-24-17-7-5-15(19)6-8-17/h5-8,16H,3-4,9-14H2,1-2H3,(H,20,21). The number of halogens is 1. The van der Waals surface area contributed by atoms with Crippen LogP contribution in [0.2, 0.25) is 0 Å². The summed E-state index contributed by atoms with van der Waals surface area (Å²) >= 11 is 1.75. The molecule has 1 aliphatic rings. The van der Waals surface area contributed by atoms with Gasteiger partial charge in [0.15, 0.2) is 5.96 Å². The second-order valence-corrected chi connectivity index (χ2v) is 6.94. The van der Waals surface area contributed by atoms with Crippen LogP contribution < -0.4 is 5.32 Å². The summed E-state index contributed by atoms with van der Waals surface area (Å²) in [7, 11) is 1.84. The molecule has 0 atom stereocenters. The molecular formula is C18H28FN3OS. The Morgan fingerprint density at radius 3 is 2.67 bits per heavy atom. The van der Waals surface area contributed by atoms with E-state index in [1.54, 1.807) is 11.8 Å². The maximum atomic E-state index is 12.9. The Balaban J connectivity index is 1.62. The van der Waals surface area contributed by atoms with E-state index in [4.69, 9.17) is 4.74 Å². The Morgan fingerprint density at radius 1 is 1.33 bits per heavy atom. The Hall–Kier alpha value is -1.27. The van der Waals surface area contributed by atoms with Crippen molar-refractivity contribution in [2.45, 2.75) is 37.2 Å². The van der Waals surface area contributed by atoms with E-state index in [-0.39, 0.29) is 5.82 Å². The lowest BCUT2D eigenvalue weighted by molar-refractivity contribution is 0.0264. The predicted octanol–water partition coefficient (Wildman–Crippen LogP) is 3.38. The van der Waals surface area contributed by atoms with Gasteiger partial charge in [0.25, 0.3) is 0 Å². The number of rotatable bonds is 7. The van der Waals surface area contributed by atoms with Crippen LogP contribution in [0.1, 0.15) is 26.2 Å². The summed E-state index contributed by atoms with van der Waals surface area (Å²) in [5, 5.41) is 3.44. The van der Waals surface area contributed by atoms with E-state index < -0.39 is 0 Å². The first-order valence-corrected chi connectivity index (χ1v) is 9.67. The minimum Gasteiger partial charge on any atom is -0.378 e. The van der Waals surface area contributed by atoms with E-state index in [0.717, 1.165) is 62.1 Å². The number of benzene rings is 1. The predicted molar refractivity (Wildman–Crippen MR) is 99.3 cm³/mol. The first-order chi connectivity index (χ1) is 11.7. The SMILES string of the molecule is CCOC1CCN(C(=NC)NCCCSc2ccc(F)cc2)CC1. The fraction of sp³-hybridized carbons (Fsp3) is 0.611. The molecule has 1 saturated heterocycles. The van der Waals surface area contributed by atoms with Crippen LogP contribution >= 0.6 is 11.8 Å². The molecule has 0 aliphatic carbocycles. The highest BCUT2D eigenvalue weighted by atomic mass is 32.2. The van der Waals surface area contributed by atoms with Crippen LogP contribution in [-0.4, -0.2) is 56.0 Å². The molecule has 0 saturated carbocycles. The average molecular weight is 354 g/mol. The quantitative estimate of drug-likeness (QED) is 0.353. The third kappa shape index (κ3) is 6.32. The third-order valence-corrected chi connectivity index (χ3v) is 5.14. The number of thioether (sulfide) groups is 1. The topological polar surface area (TPSA) is 36.9 Å². The number of nitrogens with one attached hydrogen (secondary N) is 1. The molecule has 134 valence electrons. The fourth-order valence-electron chi connectivity index (χ4n) is 2.80. The van der Waals surface area contributed by atoms with Gasteiger partial charge in [-0.15, -0.1) is 11.8 Å². The summed E-state index contributed by atoms with van der Waals surface area (Å²) in [6.45, 7) is 5.73. The minimum atomic E-state index is -0.182. The minimum absolute atomic E-state index is 0.182. The van der Waals surface area contributed by atoms with E-state index in [0.29, 0.717) is 6.10 Å².